The molecule has 0 saturated heterocycles. The Morgan fingerprint density at radius 3 is 2.70 bits per heavy atom. The Morgan fingerprint density at radius 1 is 1.00 bits per heavy atom. The van der Waals surface area contributed by atoms with E-state index in [1.54, 1.807) is 17.1 Å². The summed E-state index contributed by atoms with van der Waals surface area (Å²) in [5.74, 6) is 1.42. The van der Waals surface area contributed by atoms with Crippen molar-refractivity contribution in [1.29, 1.82) is 0 Å². The Balaban J connectivity index is 1.85. The quantitative estimate of drug-likeness (QED) is 0.629. The van der Waals surface area contributed by atoms with E-state index in [0.29, 0.717) is 5.82 Å². The van der Waals surface area contributed by atoms with E-state index in [9.17, 15) is 0 Å². The smallest absolute Gasteiger partial charge is 0.158 e. The van der Waals surface area contributed by atoms with Crippen molar-refractivity contribution in [2.24, 2.45) is 7.05 Å². The highest BCUT2D eigenvalue weighted by Gasteiger charge is 2.11. The third kappa shape index (κ3) is 2.50. The lowest BCUT2D eigenvalue weighted by Gasteiger charge is -2.10. The van der Waals surface area contributed by atoms with Gasteiger partial charge in [-0.1, -0.05) is 12.1 Å². The molecule has 0 radical (unpaired) electrons. The molecule has 0 spiro atoms. The van der Waals surface area contributed by atoms with Gasteiger partial charge in [0.15, 0.2) is 11.6 Å². The third-order valence-electron chi connectivity index (χ3n) is 3.58. The van der Waals surface area contributed by atoms with Crippen LogP contribution >= 0.6 is 0 Å². The second-order valence-electron chi connectivity index (χ2n) is 5.16. The number of aryl methyl sites for hydroxylation is 1. The molecule has 0 aliphatic rings. The highest BCUT2D eigenvalue weighted by Crippen LogP contribution is 2.30. The molecule has 0 aliphatic heterocycles. The molecule has 23 heavy (non-hydrogen) atoms. The van der Waals surface area contributed by atoms with Crippen LogP contribution in [0.2, 0.25) is 0 Å². The van der Waals surface area contributed by atoms with Crippen LogP contribution in [0, 0.1) is 0 Å². The largest absolute Gasteiger partial charge is 0.322 e. The van der Waals surface area contributed by atoms with E-state index >= 15 is 0 Å². The maximum atomic E-state index is 4.54. The molecule has 0 aromatic carbocycles. The number of hydrogen-bond acceptors (Lipinski definition) is 5. The van der Waals surface area contributed by atoms with Crippen LogP contribution in [0.15, 0.2) is 61.3 Å². The van der Waals surface area contributed by atoms with Gasteiger partial charge in [0.25, 0.3) is 0 Å². The molecule has 4 rings (SSSR count). The zero-order valence-electron chi connectivity index (χ0n) is 12.5. The Hall–Kier alpha value is -3.28. The van der Waals surface area contributed by atoms with Gasteiger partial charge in [0.2, 0.25) is 0 Å². The lowest BCUT2D eigenvalue weighted by atomic mass is 10.0. The van der Waals surface area contributed by atoms with Crippen LogP contribution in [0.1, 0.15) is 0 Å². The van der Waals surface area contributed by atoms with Crippen LogP contribution in [-0.4, -0.2) is 24.7 Å². The molecule has 0 unspecified atom stereocenters. The molecular weight excluding hydrogens is 288 g/mol. The molecule has 0 amide bonds. The van der Waals surface area contributed by atoms with Crippen LogP contribution in [0.4, 0.5) is 11.6 Å². The van der Waals surface area contributed by atoms with E-state index in [-0.39, 0.29) is 0 Å². The molecule has 0 saturated carbocycles. The number of nitrogens with zero attached hydrogens (tertiary/aromatic N) is 5. The number of hydrogen-bond donors (Lipinski definition) is 1. The van der Waals surface area contributed by atoms with Gasteiger partial charge < -0.3 is 5.32 Å². The van der Waals surface area contributed by atoms with Crippen molar-refractivity contribution >= 4 is 22.5 Å². The number of aromatic nitrogens is 5. The molecule has 4 aromatic rings. The molecule has 6 nitrogen and oxygen atoms in total. The first-order valence-electron chi connectivity index (χ1n) is 7.22. The summed E-state index contributed by atoms with van der Waals surface area (Å²) in [6.07, 6.45) is 9.07. The zero-order chi connectivity index (χ0) is 15.6. The van der Waals surface area contributed by atoms with Gasteiger partial charge in [-0.2, -0.15) is 5.10 Å². The lowest BCUT2D eigenvalue weighted by molar-refractivity contribution is 0.771. The molecule has 0 fully saturated rings. The first-order chi connectivity index (χ1) is 11.3. The minimum atomic E-state index is 0.687. The van der Waals surface area contributed by atoms with E-state index < -0.39 is 0 Å². The molecule has 4 heterocycles. The van der Waals surface area contributed by atoms with Gasteiger partial charge >= 0.3 is 0 Å². The van der Waals surface area contributed by atoms with Crippen molar-refractivity contribution in [2.75, 3.05) is 5.32 Å². The first-order valence-corrected chi connectivity index (χ1v) is 7.22. The topological polar surface area (TPSA) is 68.5 Å². The van der Waals surface area contributed by atoms with Crippen molar-refractivity contribution in [3.05, 3.63) is 61.3 Å². The summed E-state index contributed by atoms with van der Waals surface area (Å²) < 4.78 is 1.74. The maximum absolute atomic E-state index is 4.54. The normalized spacial score (nSPS) is 10.8. The monoisotopic (exact) mass is 302 g/mol. The molecule has 0 aliphatic carbocycles. The lowest BCUT2D eigenvalue weighted by Crippen LogP contribution is -1.99. The standard InChI is InChI=1S/C17H14N6/c1-23-9-6-15(22-23)21-17-16-13(5-3-8-19-16)14(11-20-17)12-4-2-7-18-10-12/h2-11H,1H3,(H,20,21,22). The molecule has 1 N–H and O–H groups in total. The fraction of sp³-hybridized carbons (Fsp3) is 0.0588. The Labute approximate surface area is 132 Å². The summed E-state index contributed by atoms with van der Waals surface area (Å²) in [5.41, 5.74) is 2.83. The fourth-order valence-electron chi connectivity index (χ4n) is 2.52. The van der Waals surface area contributed by atoms with Crippen LogP contribution in [0.25, 0.3) is 22.0 Å². The molecule has 0 atom stereocenters. The van der Waals surface area contributed by atoms with Gasteiger partial charge in [-0.25, -0.2) is 4.98 Å². The van der Waals surface area contributed by atoms with Crippen molar-refractivity contribution in [1.82, 2.24) is 24.7 Å². The second kappa shape index (κ2) is 5.49. The maximum Gasteiger partial charge on any atom is 0.158 e. The molecule has 0 bridgehead atoms. The SMILES string of the molecule is Cn1ccc(Nc2ncc(-c3cccnc3)c3cccnc23)n1. The molecule has 6 heteroatoms. The van der Waals surface area contributed by atoms with Crippen molar-refractivity contribution < 1.29 is 0 Å². The zero-order valence-corrected chi connectivity index (χ0v) is 12.5. The van der Waals surface area contributed by atoms with Crippen molar-refractivity contribution in [2.45, 2.75) is 0 Å². The van der Waals surface area contributed by atoms with Crippen LogP contribution in [0.5, 0.6) is 0 Å². The fourth-order valence-corrected chi connectivity index (χ4v) is 2.52. The average molecular weight is 302 g/mol. The van der Waals surface area contributed by atoms with Crippen LogP contribution in [0.3, 0.4) is 0 Å². The third-order valence-corrected chi connectivity index (χ3v) is 3.58. The Morgan fingerprint density at radius 2 is 1.91 bits per heavy atom. The van der Waals surface area contributed by atoms with Crippen molar-refractivity contribution in [3.63, 3.8) is 0 Å². The van der Waals surface area contributed by atoms with E-state index in [1.165, 1.54) is 0 Å². The number of nitrogens with one attached hydrogen (secondary N) is 1. The number of pyridine rings is 3. The van der Waals surface area contributed by atoms with Crippen LogP contribution < -0.4 is 5.32 Å². The first kappa shape index (κ1) is 13.4. The molecule has 112 valence electrons. The highest BCUT2D eigenvalue weighted by molar-refractivity contribution is 5.99. The minimum absolute atomic E-state index is 0.687. The van der Waals surface area contributed by atoms with Crippen molar-refractivity contribution in [3.8, 4) is 11.1 Å². The summed E-state index contributed by atoms with van der Waals surface area (Å²) in [6, 6.07) is 9.79. The van der Waals surface area contributed by atoms with E-state index in [0.717, 1.165) is 27.8 Å². The number of rotatable bonds is 3. The second-order valence-corrected chi connectivity index (χ2v) is 5.16. The highest BCUT2D eigenvalue weighted by atomic mass is 15.3. The summed E-state index contributed by atoms with van der Waals surface area (Å²) in [7, 11) is 1.88. The summed E-state index contributed by atoms with van der Waals surface area (Å²) in [5, 5.41) is 8.57. The summed E-state index contributed by atoms with van der Waals surface area (Å²) in [6.45, 7) is 0. The Bertz CT molecular complexity index is 961. The predicted octanol–water partition coefficient (Wildman–Crippen LogP) is 3.17. The van der Waals surface area contributed by atoms with Gasteiger partial charge in [0.1, 0.15) is 5.52 Å². The van der Waals surface area contributed by atoms with E-state index in [1.807, 2.05) is 56.0 Å². The van der Waals surface area contributed by atoms with Gasteiger partial charge in [-0.3, -0.25) is 14.6 Å². The Kier molecular flexibility index (Phi) is 3.20. The minimum Gasteiger partial charge on any atom is -0.322 e. The summed E-state index contributed by atoms with van der Waals surface area (Å²) in [4.78, 5) is 13.2. The number of fused-ring (bicyclic) bond motifs is 1. The van der Waals surface area contributed by atoms with Gasteiger partial charge in [-0.15, -0.1) is 0 Å². The number of anilines is 2. The van der Waals surface area contributed by atoms with E-state index in [2.05, 4.69) is 25.4 Å². The van der Waals surface area contributed by atoms with Gasteiger partial charge in [0.05, 0.1) is 0 Å². The molecule has 4 aromatic heterocycles. The van der Waals surface area contributed by atoms with Gasteiger partial charge in [0, 0.05) is 60.6 Å². The summed E-state index contributed by atoms with van der Waals surface area (Å²) >= 11 is 0. The predicted molar refractivity (Wildman–Crippen MR) is 89.3 cm³/mol. The van der Waals surface area contributed by atoms with E-state index in [4.69, 9.17) is 0 Å². The molecular formula is C17H14N6. The average Bonchev–Trinajstić information content (AvgIpc) is 3.01. The van der Waals surface area contributed by atoms with Gasteiger partial charge in [-0.05, 0) is 12.1 Å². The van der Waals surface area contributed by atoms with Crippen LogP contribution in [-0.2, 0) is 7.05 Å².